The molecule has 20 heavy (non-hydrogen) atoms. The Bertz CT molecular complexity index is 528. The molecular weight excluding hydrogens is 354 g/mol. The standard InChI is InChI=1S/C12H13BrClFN2O3/c1-12(2,5-9(18)19)17-11(20)16-10-7(13)3-6(15)4-8(10)14/h3-4H,5H2,1-2H3,(H,18,19)(H2,16,17,20). The fourth-order valence-corrected chi connectivity index (χ4v) is 2.43. The van der Waals surface area contributed by atoms with Gasteiger partial charge in [-0.05, 0) is 41.9 Å². The van der Waals surface area contributed by atoms with Crippen molar-refractivity contribution >= 4 is 45.2 Å². The smallest absolute Gasteiger partial charge is 0.319 e. The van der Waals surface area contributed by atoms with Gasteiger partial charge in [0.05, 0.1) is 17.1 Å². The Morgan fingerprint density at radius 1 is 1.45 bits per heavy atom. The molecule has 0 aliphatic rings. The molecule has 0 aliphatic heterocycles. The Hall–Kier alpha value is -1.34. The van der Waals surface area contributed by atoms with Crippen LogP contribution >= 0.6 is 27.5 Å². The van der Waals surface area contributed by atoms with Crippen molar-refractivity contribution in [2.24, 2.45) is 0 Å². The van der Waals surface area contributed by atoms with E-state index in [0.717, 1.165) is 12.1 Å². The normalized spacial score (nSPS) is 11.1. The summed E-state index contributed by atoms with van der Waals surface area (Å²) in [6, 6.07) is 1.58. The molecule has 0 radical (unpaired) electrons. The van der Waals surface area contributed by atoms with E-state index in [1.165, 1.54) is 0 Å². The van der Waals surface area contributed by atoms with Crippen molar-refractivity contribution in [2.45, 2.75) is 25.8 Å². The summed E-state index contributed by atoms with van der Waals surface area (Å²) in [4.78, 5) is 22.5. The molecule has 0 bridgehead atoms. The van der Waals surface area contributed by atoms with E-state index >= 15 is 0 Å². The van der Waals surface area contributed by atoms with Crippen LogP contribution in [0.25, 0.3) is 0 Å². The molecule has 0 heterocycles. The number of urea groups is 1. The summed E-state index contributed by atoms with van der Waals surface area (Å²) in [5.74, 6) is -1.57. The summed E-state index contributed by atoms with van der Waals surface area (Å²) < 4.78 is 13.3. The zero-order chi connectivity index (χ0) is 15.5. The van der Waals surface area contributed by atoms with Crippen LogP contribution in [-0.4, -0.2) is 22.6 Å². The Labute approximate surface area is 128 Å². The van der Waals surface area contributed by atoms with Crippen molar-refractivity contribution in [3.8, 4) is 0 Å². The third-order valence-corrected chi connectivity index (χ3v) is 3.21. The molecule has 1 rings (SSSR count). The number of anilines is 1. The van der Waals surface area contributed by atoms with Crippen LogP contribution in [0.1, 0.15) is 20.3 Å². The fourth-order valence-electron chi connectivity index (χ4n) is 1.54. The van der Waals surface area contributed by atoms with E-state index in [-0.39, 0.29) is 21.6 Å². The molecule has 0 aromatic heterocycles. The van der Waals surface area contributed by atoms with Crippen molar-refractivity contribution in [1.29, 1.82) is 0 Å². The Balaban J connectivity index is 2.79. The van der Waals surface area contributed by atoms with Gasteiger partial charge in [-0.25, -0.2) is 9.18 Å². The van der Waals surface area contributed by atoms with Gasteiger partial charge in [0.1, 0.15) is 5.82 Å². The summed E-state index contributed by atoms with van der Waals surface area (Å²) in [5.41, 5.74) is -0.730. The van der Waals surface area contributed by atoms with Crippen LogP contribution in [-0.2, 0) is 4.79 Å². The van der Waals surface area contributed by atoms with Gasteiger partial charge in [0.15, 0.2) is 0 Å². The number of nitrogens with one attached hydrogen (secondary N) is 2. The average Bonchev–Trinajstić information content (AvgIpc) is 2.20. The average molecular weight is 368 g/mol. The van der Waals surface area contributed by atoms with Gasteiger partial charge in [0.2, 0.25) is 0 Å². The third kappa shape index (κ3) is 4.97. The van der Waals surface area contributed by atoms with Crippen LogP contribution in [0.4, 0.5) is 14.9 Å². The Morgan fingerprint density at radius 2 is 2.05 bits per heavy atom. The number of carbonyl (C=O) groups excluding carboxylic acids is 1. The second kappa shape index (κ2) is 6.41. The second-order valence-corrected chi connectivity index (χ2v) is 6.04. The molecule has 5 nitrogen and oxygen atoms in total. The predicted octanol–water partition coefficient (Wildman–Crippen LogP) is 3.62. The number of benzene rings is 1. The first-order valence-electron chi connectivity index (χ1n) is 5.56. The topological polar surface area (TPSA) is 78.4 Å². The molecule has 110 valence electrons. The van der Waals surface area contributed by atoms with Gasteiger partial charge in [-0.3, -0.25) is 4.79 Å². The second-order valence-electron chi connectivity index (χ2n) is 4.78. The van der Waals surface area contributed by atoms with E-state index < -0.39 is 23.4 Å². The summed E-state index contributed by atoms with van der Waals surface area (Å²) in [5, 5.41) is 13.7. The zero-order valence-corrected chi connectivity index (χ0v) is 13.1. The highest BCUT2D eigenvalue weighted by Gasteiger charge is 2.24. The SMILES string of the molecule is CC(C)(CC(=O)O)NC(=O)Nc1c(Cl)cc(F)cc1Br. The minimum absolute atomic E-state index is 0.0306. The van der Waals surface area contributed by atoms with Gasteiger partial charge in [-0.15, -0.1) is 0 Å². The van der Waals surface area contributed by atoms with Crippen LogP contribution in [0.3, 0.4) is 0 Å². The molecule has 0 saturated carbocycles. The Kier molecular flexibility index (Phi) is 5.35. The van der Waals surface area contributed by atoms with Gasteiger partial charge in [-0.1, -0.05) is 11.6 Å². The maximum atomic E-state index is 13.1. The number of carboxylic acids is 1. The number of amides is 2. The van der Waals surface area contributed by atoms with Crippen LogP contribution in [0.2, 0.25) is 5.02 Å². The molecule has 0 saturated heterocycles. The molecule has 8 heteroatoms. The summed E-state index contributed by atoms with van der Waals surface area (Å²) >= 11 is 8.91. The van der Waals surface area contributed by atoms with Crippen molar-refractivity contribution in [1.82, 2.24) is 5.32 Å². The van der Waals surface area contributed by atoms with Gasteiger partial charge in [0.25, 0.3) is 0 Å². The number of carboxylic acid groups (broad SMARTS) is 1. The van der Waals surface area contributed by atoms with Gasteiger partial charge in [0, 0.05) is 10.0 Å². The van der Waals surface area contributed by atoms with E-state index in [0.29, 0.717) is 0 Å². The first-order chi connectivity index (χ1) is 9.10. The molecule has 0 atom stereocenters. The number of halogens is 3. The van der Waals surface area contributed by atoms with E-state index in [4.69, 9.17) is 16.7 Å². The number of aliphatic carboxylic acids is 1. The summed E-state index contributed by atoms with van der Waals surface area (Å²) in [6.07, 6.45) is -0.237. The van der Waals surface area contributed by atoms with E-state index in [2.05, 4.69) is 26.6 Å². The van der Waals surface area contributed by atoms with E-state index in [1.54, 1.807) is 13.8 Å². The maximum Gasteiger partial charge on any atom is 0.319 e. The van der Waals surface area contributed by atoms with Crippen molar-refractivity contribution in [3.63, 3.8) is 0 Å². The van der Waals surface area contributed by atoms with Crippen LogP contribution in [0.5, 0.6) is 0 Å². The number of hydrogen-bond donors (Lipinski definition) is 3. The molecule has 1 aromatic rings. The summed E-state index contributed by atoms with van der Waals surface area (Å²) in [7, 11) is 0. The molecular formula is C12H13BrClFN2O3. The van der Waals surface area contributed by atoms with Crippen molar-refractivity contribution in [3.05, 3.63) is 27.4 Å². The highest BCUT2D eigenvalue weighted by atomic mass is 79.9. The van der Waals surface area contributed by atoms with Crippen molar-refractivity contribution in [2.75, 3.05) is 5.32 Å². The number of hydrogen-bond acceptors (Lipinski definition) is 2. The largest absolute Gasteiger partial charge is 0.481 e. The lowest BCUT2D eigenvalue weighted by Gasteiger charge is -2.24. The van der Waals surface area contributed by atoms with E-state index in [9.17, 15) is 14.0 Å². The first-order valence-corrected chi connectivity index (χ1v) is 6.73. The monoisotopic (exact) mass is 366 g/mol. The zero-order valence-electron chi connectivity index (χ0n) is 10.8. The van der Waals surface area contributed by atoms with Crippen LogP contribution < -0.4 is 10.6 Å². The lowest BCUT2D eigenvalue weighted by molar-refractivity contribution is -0.138. The van der Waals surface area contributed by atoms with Gasteiger partial charge < -0.3 is 15.7 Å². The lowest BCUT2D eigenvalue weighted by atomic mass is 10.0. The van der Waals surface area contributed by atoms with Crippen LogP contribution in [0, 0.1) is 5.82 Å². The van der Waals surface area contributed by atoms with Crippen molar-refractivity contribution < 1.29 is 19.1 Å². The number of rotatable bonds is 4. The number of carbonyl (C=O) groups is 2. The molecule has 0 fully saturated rings. The molecule has 0 spiro atoms. The van der Waals surface area contributed by atoms with E-state index in [1.807, 2.05) is 0 Å². The molecule has 3 N–H and O–H groups in total. The molecule has 2 amide bonds. The molecule has 0 aliphatic carbocycles. The van der Waals surface area contributed by atoms with Gasteiger partial charge in [-0.2, -0.15) is 0 Å². The minimum atomic E-state index is -1.03. The van der Waals surface area contributed by atoms with Crippen LogP contribution in [0.15, 0.2) is 16.6 Å². The molecule has 1 aromatic carbocycles. The summed E-state index contributed by atoms with van der Waals surface area (Å²) in [6.45, 7) is 3.14. The predicted molar refractivity (Wildman–Crippen MR) is 77.6 cm³/mol. The highest BCUT2D eigenvalue weighted by Crippen LogP contribution is 2.31. The maximum absolute atomic E-state index is 13.1. The third-order valence-electron chi connectivity index (χ3n) is 2.29. The minimum Gasteiger partial charge on any atom is -0.481 e. The Morgan fingerprint density at radius 3 is 2.55 bits per heavy atom. The first kappa shape index (κ1) is 16.7. The lowest BCUT2D eigenvalue weighted by Crippen LogP contribution is -2.46. The van der Waals surface area contributed by atoms with Gasteiger partial charge >= 0.3 is 12.0 Å². The highest BCUT2D eigenvalue weighted by molar-refractivity contribution is 9.10. The quantitative estimate of drug-likeness (QED) is 0.760. The fraction of sp³-hybridized carbons (Fsp3) is 0.333. The molecule has 0 unspecified atom stereocenters.